The van der Waals surface area contributed by atoms with Gasteiger partial charge in [0.25, 0.3) is 11.8 Å². The van der Waals surface area contributed by atoms with Gasteiger partial charge in [0.2, 0.25) is 0 Å². The van der Waals surface area contributed by atoms with E-state index in [0.29, 0.717) is 36.5 Å². The quantitative estimate of drug-likeness (QED) is 0.440. The summed E-state index contributed by atoms with van der Waals surface area (Å²) < 4.78 is 15.5. The van der Waals surface area contributed by atoms with E-state index in [2.05, 4.69) is 5.10 Å². The number of piperidine rings is 1. The Morgan fingerprint density at radius 3 is 2.54 bits per heavy atom. The second kappa shape index (κ2) is 8.34. The molecule has 1 aromatic heterocycles. The number of likely N-dealkylation sites (tertiary alicyclic amines) is 1. The zero-order valence-electron chi connectivity index (χ0n) is 19.4. The van der Waals surface area contributed by atoms with E-state index >= 15 is 0 Å². The number of fused-ring (bicyclic) bond motifs is 2. The highest BCUT2D eigenvalue weighted by Crippen LogP contribution is 2.32. The molecule has 6 nitrogen and oxygen atoms in total. The van der Waals surface area contributed by atoms with Crippen molar-refractivity contribution in [2.75, 3.05) is 13.1 Å². The molecular formula is C28H25FN4O2. The van der Waals surface area contributed by atoms with Crippen LogP contribution in [0.1, 0.15) is 39.1 Å². The Balaban J connectivity index is 1.23. The highest BCUT2D eigenvalue weighted by molar-refractivity contribution is 6.08. The summed E-state index contributed by atoms with van der Waals surface area (Å²) in [6.45, 7) is 1.83. The Kier molecular flexibility index (Phi) is 5.13. The maximum atomic E-state index is 13.8. The summed E-state index contributed by atoms with van der Waals surface area (Å²) in [6, 6.07) is 19.9. The van der Waals surface area contributed by atoms with Gasteiger partial charge in [0, 0.05) is 49.2 Å². The van der Waals surface area contributed by atoms with Crippen LogP contribution in [-0.4, -0.2) is 50.5 Å². The number of para-hydroxylation sites is 1. The zero-order valence-corrected chi connectivity index (χ0v) is 19.4. The number of nitrogens with zero attached hydrogens (tertiary/aromatic N) is 4. The van der Waals surface area contributed by atoms with Crippen LogP contribution >= 0.6 is 0 Å². The highest BCUT2D eigenvalue weighted by atomic mass is 19.1. The molecule has 0 aliphatic carbocycles. The van der Waals surface area contributed by atoms with E-state index in [9.17, 15) is 14.0 Å². The average Bonchev–Trinajstić information content (AvgIpc) is 3.41. The first-order valence-electron chi connectivity index (χ1n) is 11.9. The van der Waals surface area contributed by atoms with E-state index in [4.69, 9.17) is 0 Å². The Morgan fingerprint density at radius 1 is 1.00 bits per heavy atom. The maximum Gasteiger partial charge on any atom is 0.256 e. The van der Waals surface area contributed by atoms with Gasteiger partial charge in [-0.15, -0.1) is 0 Å². The Hall–Kier alpha value is -4.00. The van der Waals surface area contributed by atoms with Gasteiger partial charge < -0.3 is 9.80 Å². The van der Waals surface area contributed by atoms with Crippen LogP contribution in [-0.2, 0) is 13.6 Å². The topological polar surface area (TPSA) is 58.4 Å². The van der Waals surface area contributed by atoms with Gasteiger partial charge in [0.05, 0.1) is 11.1 Å². The standard InChI is InChI=1S/C28H25FN4O2/c1-31-26-23(25(30-31)18-7-4-8-20(29)16-18)10-5-11-24(26)27(34)32-14-12-21(13-15-32)33-17-19-6-2-3-9-22(19)28(33)35/h2-11,16,21H,12-15,17H2,1H3. The first-order valence-corrected chi connectivity index (χ1v) is 11.9. The fourth-order valence-corrected chi connectivity index (χ4v) is 5.48. The number of amides is 2. The average molecular weight is 469 g/mol. The molecule has 176 valence electrons. The predicted octanol–water partition coefficient (Wildman–Crippen LogP) is 4.64. The molecule has 3 aromatic carbocycles. The largest absolute Gasteiger partial charge is 0.338 e. The van der Waals surface area contributed by atoms with Crippen molar-refractivity contribution in [3.05, 3.63) is 89.2 Å². The molecule has 0 spiro atoms. The lowest BCUT2D eigenvalue weighted by Gasteiger charge is -2.36. The van der Waals surface area contributed by atoms with Gasteiger partial charge in [0.15, 0.2) is 0 Å². The maximum absolute atomic E-state index is 13.8. The van der Waals surface area contributed by atoms with Gasteiger partial charge >= 0.3 is 0 Å². The van der Waals surface area contributed by atoms with Crippen molar-refractivity contribution in [3.63, 3.8) is 0 Å². The van der Waals surface area contributed by atoms with Crippen LogP contribution in [0.5, 0.6) is 0 Å². The number of hydrogen-bond donors (Lipinski definition) is 0. The van der Waals surface area contributed by atoms with E-state index in [-0.39, 0.29) is 23.7 Å². The third-order valence-electron chi connectivity index (χ3n) is 7.24. The van der Waals surface area contributed by atoms with Crippen LogP contribution in [0.15, 0.2) is 66.7 Å². The molecular weight excluding hydrogens is 443 g/mol. The lowest BCUT2D eigenvalue weighted by molar-refractivity contribution is 0.0535. The van der Waals surface area contributed by atoms with Crippen LogP contribution in [0.4, 0.5) is 4.39 Å². The first kappa shape index (κ1) is 21.5. The van der Waals surface area contributed by atoms with Crippen LogP contribution < -0.4 is 0 Å². The molecule has 4 aromatic rings. The highest BCUT2D eigenvalue weighted by Gasteiger charge is 2.35. The smallest absolute Gasteiger partial charge is 0.256 e. The normalized spacial score (nSPS) is 16.2. The van der Waals surface area contributed by atoms with E-state index in [1.54, 1.807) is 10.7 Å². The van der Waals surface area contributed by atoms with Crippen molar-refractivity contribution in [2.45, 2.75) is 25.4 Å². The molecule has 2 amide bonds. The second-order valence-corrected chi connectivity index (χ2v) is 9.30. The molecule has 3 heterocycles. The number of benzene rings is 3. The van der Waals surface area contributed by atoms with E-state index in [1.165, 1.54) is 12.1 Å². The minimum atomic E-state index is -0.323. The number of carbonyl (C=O) groups is 2. The number of rotatable bonds is 3. The summed E-state index contributed by atoms with van der Waals surface area (Å²) in [5.41, 5.74) is 4.53. The molecule has 0 radical (unpaired) electrons. The van der Waals surface area contributed by atoms with Crippen molar-refractivity contribution >= 4 is 22.7 Å². The molecule has 0 unspecified atom stereocenters. The van der Waals surface area contributed by atoms with Crippen molar-refractivity contribution in [3.8, 4) is 11.3 Å². The SMILES string of the molecule is Cn1nc(-c2cccc(F)c2)c2cccc(C(=O)N3CCC(N4Cc5ccccc5C4=O)CC3)c21. The molecule has 6 rings (SSSR count). The number of aromatic nitrogens is 2. The summed E-state index contributed by atoms with van der Waals surface area (Å²) >= 11 is 0. The molecule has 0 saturated carbocycles. The van der Waals surface area contributed by atoms with Gasteiger partial charge in [0.1, 0.15) is 11.5 Å². The molecule has 35 heavy (non-hydrogen) atoms. The molecule has 2 aliphatic heterocycles. The van der Waals surface area contributed by atoms with E-state index in [0.717, 1.165) is 34.9 Å². The second-order valence-electron chi connectivity index (χ2n) is 9.30. The number of carbonyl (C=O) groups excluding carboxylic acids is 2. The Labute approximate surface area is 202 Å². The van der Waals surface area contributed by atoms with Gasteiger partial charge in [-0.2, -0.15) is 5.10 Å². The van der Waals surface area contributed by atoms with Gasteiger partial charge in [-0.1, -0.05) is 42.5 Å². The summed E-state index contributed by atoms with van der Waals surface area (Å²) in [5.74, 6) is -0.273. The Bertz CT molecular complexity index is 1470. The summed E-state index contributed by atoms with van der Waals surface area (Å²) in [5, 5.41) is 5.44. The predicted molar refractivity (Wildman–Crippen MR) is 131 cm³/mol. The van der Waals surface area contributed by atoms with E-state index < -0.39 is 0 Å². The van der Waals surface area contributed by atoms with Crippen molar-refractivity contribution in [1.82, 2.24) is 19.6 Å². The van der Waals surface area contributed by atoms with Crippen LogP contribution in [0.3, 0.4) is 0 Å². The van der Waals surface area contributed by atoms with Gasteiger partial charge in [-0.3, -0.25) is 14.3 Å². The number of aryl methyl sites for hydroxylation is 1. The van der Waals surface area contributed by atoms with Crippen LogP contribution in [0, 0.1) is 5.82 Å². The number of halogens is 1. The molecule has 1 saturated heterocycles. The van der Waals surface area contributed by atoms with Crippen LogP contribution in [0.25, 0.3) is 22.2 Å². The summed E-state index contributed by atoms with van der Waals surface area (Å²) in [6.07, 6.45) is 1.50. The van der Waals surface area contributed by atoms with Crippen molar-refractivity contribution in [1.29, 1.82) is 0 Å². The van der Waals surface area contributed by atoms with Crippen molar-refractivity contribution in [2.24, 2.45) is 7.05 Å². The molecule has 2 aliphatic rings. The number of hydrogen-bond acceptors (Lipinski definition) is 3. The Morgan fingerprint density at radius 2 is 1.77 bits per heavy atom. The fourth-order valence-electron chi connectivity index (χ4n) is 5.48. The molecule has 0 N–H and O–H groups in total. The first-order chi connectivity index (χ1) is 17.0. The molecule has 7 heteroatoms. The van der Waals surface area contributed by atoms with E-state index in [1.807, 2.05) is 65.4 Å². The summed E-state index contributed by atoms with van der Waals surface area (Å²) in [7, 11) is 1.81. The molecule has 0 bridgehead atoms. The monoisotopic (exact) mass is 468 g/mol. The van der Waals surface area contributed by atoms with Crippen molar-refractivity contribution < 1.29 is 14.0 Å². The molecule has 1 fully saturated rings. The van der Waals surface area contributed by atoms with Gasteiger partial charge in [-0.05, 0) is 42.7 Å². The lowest BCUT2D eigenvalue weighted by atomic mass is 10.0. The zero-order chi connectivity index (χ0) is 24.1. The minimum Gasteiger partial charge on any atom is -0.338 e. The fraction of sp³-hybridized carbons (Fsp3) is 0.250. The van der Waals surface area contributed by atoms with Crippen LogP contribution in [0.2, 0.25) is 0 Å². The van der Waals surface area contributed by atoms with Gasteiger partial charge in [-0.25, -0.2) is 4.39 Å². The summed E-state index contributed by atoms with van der Waals surface area (Å²) in [4.78, 5) is 30.3. The molecule has 0 atom stereocenters. The lowest BCUT2D eigenvalue weighted by Crippen LogP contribution is -2.46. The minimum absolute atomic E-state index is 0.0427. The third kappa shape index (κ3) is 3.58. The third-order valence-corrected chi connectivity index (χ3v) is 7.24.